The molecule has 2 aromatic carbocycles. The molecule has 3 heteroatoms. The van der Waals surface area contributed by atoms with E-state index in [1.165, 1.54) is 0 Å². The Morgan fingerprint density at radius 2 is 1.62 bits per heavy atom. The zero-order valence-electron chi connectivity index (χ0n) is 15.3. The molecule has 1 N–H and O–H groups in total. The quantitative estimate of drug-likeness (QED) is 0.826. The number of hydrogen-bond acceptors (Lipinski definition) is 2. The van der Waals surface area contributed by atoms with Crippen LogP contribution in [0.1, 0.15) is 43.0 Å². The molecule has 0 aliphatic rings. The van der Waals surface area contributed by atoms with Crippen molar-refractivity contribution in [1.82, 2.24) is 0 Å². The molecule has 2 rings (SSSR count). The Morgan fingerprint density at radius 3 is 2.21 bits per heavy atom. The summed E-state index contributed by atoms with van der Waals surface area (Å²) in [5.74, 6) is 0.642. The fraction of sp³-hybridized carbons (Fsp3) is 0.381. The highest BCUT2D eigenvalue weighted by atomic mass is 16.5. The average molecular weight is 325 g/mol. The molecule has 0 heterocycles. The summed E-state index contributed by atoms with van der Waals surface area (Å²) >= 11 is 0. The highest BCUT2D eigenvalue weighted by molar-refractivity contribution is 5.95. The number of amides is 1. The summed E-state index contributed by atoms with van der Waals surface area (Å²) in [7, 11) is 0. The minimum absolute atomic E-state index is 0.119. The molecular formula is C21H27NO2. The van der Waals surface area contributed by atoms with Crippen LogP contribution in [0.25, 0.3) is 0 Å². The molecule has 0 radical (unpaired) electrons. The summed E-state index contributed by atoms with van der Waals surface area (Å²) in [6.45, 7) is 10.0. The van der Waals surface area contributed by atoms with Gasteiger partial charge in [-0.25, -0.2) is 0 Å². The van der Waals surface area contributed by atoms with Gasteiger partial charge in [0.1, 0.15) is 5.75 Å². The number of rotatable bonds is 6. The molecule has 0 saturated heterocycles. The van der Waals surface area contributed by atoms with Gasteiger partial charge in [-0.3, -0.25) is 4.79 Å². The van der Waals surface area contributed by atoms with Gasteiger partial charge < -0.3 is 10.1 Å². The van der Waals surface area contributed by atoms with Crippen LogP contribution in [0.5, 0.6) is 5.75 Å². The number of nitrogens with one attached hydrogen (secondary N) is 1. The standard InChI is InChI=1S/C21H27NO2/c1-6-17-11-9-12-18(7-2)20(17)22-21(23)16(5)24-19-13-8-10-14(3)15(19)4/h8-13,16H,6-7H2,1-5H3,(H,22,23). The van der Waals surface area contributed by atoms with Crippen molar-refractivity contribution in [2.75, 3.05) is 5.32 Å². The van der Waals surface area contributed by atoms with Crippen molar-refractivity contribution in [3.05, 3.63) is 58.7 Å². The summed E-state index contributed by atoms with van der Waals surface area (Å²) in [5.41, 5.74) is 5.47. The van der Waals surface area contributed by atoms with Gasteiger partial charge >= 0.3 is 0 Å². The normalized spacial score (nSPS) is 11.9. The molecule has 0 aromatic heterocycles. The number of ether oxygens (including phenoxy) is 1. The molecule has 1 unspecified atom stereocenters. The van der Waals surface area contributed by atoms with Gasteiger partial charge in [-0.2, -0.15) is 0 Å². The van der Waals surface area contributed by atoms with Crippen LogP contribution in [0.3, 0.4) is 0 Å². The molecule has 0 spiro atoms. The summed E-state index contributed by atoms with van der Waals surface area (Å²) in [6.07, 6.45) is 1.21. The molecule has 24 heavy (non-hydrogen) atoms. The minimum atomic E-state index is -0.555. The maximum atomic E-state index is 12.6. The molecule has 0 bridgehead atoms. The van der Waals surface area contributed by atoms with Crippen LogP contribution in [0.15, 0.2) is 36.4 Å². The van der Waals surface area contributed by atoms with Crippen molar-refractivity contribution in [3.8, 4) is 5.75 Å². The van der Waals surface area contributed by atoms with E-state index in [0.29, 0.717) is 0 Å². The number of para-hydroxylation sites is 1. The van der Waals surface area contributed by atoms with E-state index in [1.807, 2.05) is 38.1 Å². The predicted molar refractivity (Wildman–Crippen MR) is 99.8 cm³/mol. The molecule has 0 aliphatic heterocycles. The number of carbonyl (C=O) groups excluding carboxylic acids is 1. The van der Waals surface area contributed by atoms with Gasteiger partial charge in [0.25, 0.3) is 5.91 Å². The van der Waals surface area contributed by atoms with Crippen LogP contribution >= 0.6 is 0 Å². The van der Waals surface area contributed by atoms with Gasteiger partial charge in [-0.15, -0.1) is 0 Å². The Labute approximate surface area is 145 Å². The third-order valence-corrected chi connectivity index (χ3v) is 4.47. The summed E-state index contributed by atoms with van der Waals surface area (Å²) < 4.78 is 5.89. The largest absolute Gasteiger partial charge is 0.481 e. The third kappa shape index (κ3) is 3.97. The zero-order valence-corrected chi connectivity index (χ0v) is 15.3. The fourth-order valence-corrected chi connectivity index (χ4v) is 2.72. The first-order chi connectivity index (χ1) is 11.5. The van der Waals surface area contributed by atoms with Crippen molar-refractivity contribution in [2.24, 2.45) is 0 Å². The minimum Gasteiger partial charge on any atom is -0.481 e. The van der Waals surface area contributed by atoms with Crippen molar-refractivity contribution in [3.63, 3.8) is 0 Å². The Kier molecular flexibility index (Phi) is 6.02. The third-order valence-electron chi connectivity index (χ3n) is 4.47. The lowest BCUT2D eigenvalue weighted by Gasteiger charge is -2.19. The number of carbonyl (C=O) groups is 1. The lowest BCUT2D eigenvalue weighted by atomic mass is 10.0. The topological polar surface area (TPSA) is 38.3 Å². The van der Waals surface area contributed by atoms with E-state index in [4.69, 9.17) is 4.74 Å². The number of benzene rings is 2. The van der Waals surface area contributed by atoms with Crippen LogP contribution in [-0.2, 0) is 17.6 Å². The van der Waals surface area contributed by atoms with E-state index in [1.54, 1.807) is 6.92 Å². The Morgan fingerprint density at radius 1 is 1.04 bits per heavy atom. The van der Waals surface area contributed by atoms with Crippen LogP contribution in [0.4, 0.5) is 5.69 Å². The molecule has 0 fully saturated rings. The predicted octanol–water partition coefficient (Wildman–Crippen LogP) is 4.83. The van der Waals surface area contributed by atoms with E-state index >= 15 is 0 Å². The van der Waals surface area contributed by atoms with E-state index in [2.05, 4.69) is 31.3 Å². The van der Waals surface area contributed by atoms with Crippen LogP contribution in [-0.4, -0.2) is 12.0 Å². The first-order valence-electron chi connectivity index (χ1n) is 8.62. The average Bonchev–Trinajstić information content (AvgIpc) is 2.58. The van der Waals surface area contributed by atoms with Crippen molar-refractivity contribution in [1.29, 1.82) is 0 Å². The SMILES string of the molecule is CCc1cccc(CC)c1NC(=O)C(C)Oc1cccc(C)c1C. The smallest absolute Gasteiger partial charge is 0.265 e. The maximum absolute atomic E-state index is 12.6. The monoisotopic (exact) mass is 325 g/mol. The molecule has 3 nitrogen and oxygen atoms in total. The van der Waals surface area contributed by atoms with Gasteiger partial charge in [0, 0.05) is 5.69 Å². The van der Waals surface area contributed by atoms with Crippen LogP contribution < -0.4 is 10.1 Å². The van der Waals surface area contributed by atoms with E-state index in [0.717, 1.165) is 46.5 Å². The fourth-order valence-electron chi connectivity index (χ4n) is 2.72. The molecular weight excluding hydrogens is 298 g/mol. The molecule has 0 saturated carbocycles. The molecule has 2 aromatic rings. The maximum Gasteiger partial charge on any atom is 0.265 e. The highest BCUT2D eigenvalue weighted by Gasteiger charge is 2.18. The molecule has 1 atom stereocenters. The van der Waals surface area contributed by atoms with E-state index in [-0.39, 0.29) is 5.91 Å². The van der Waals surface area contributed by atoms with Crippen LogP contribution in [0.2, 0.25) is 0 Å². The number of hydrogen-bond donors (Lipinski definition) is 1. The second kappa shape index (κ2) is 8.00. The number of anilines is 1. The summed E-state index contributed by atoms with van der Waals surface area (Å²) in [5, 5.41) is 3.07. The second-order valence-corrected chi connectivity index (χ2v) is 6.11. The molecule has 128 valence electrons. The van der Waals surface area contributed by atoms with Gasteiger partial charge in [0.2, 0.25) is 0 Å². The first-order valence-corrected chi connectivity index (χ1v) is 8.62. The number of aryl methyl sites for hydroxylation is 3. The van der Waals surface area contributed by atoms with Gasteiger partial charge in [0.15, 0.2) is 6.10 Å². The van der Waals surface area contributed by atoms with Crippen molar-refractivity contribution >= 4 is 11.6 Å². The Bertz CT molecular complexity index is 700. The highest BCUT2D eigenvalue weighted by Crippen LogP contribution is 2.24. The Balaban J connectivity index is 2.16. The molecule has 0 aliphatic carbocycles. The van der Waals surface area contributed by atoms with Crippen molar-refractivity contribution < 1.29 is 9.53 Å². The lowest BCUT2D eigenvalue weighted by Crippen LogP contribution is -2.31. The van der Waals surface area contributed by atoms with E-state index in [9.17, 15) is 4.79 Å². The second-order valence-electron chi connectivity index (χ2n) is 6.11. The summed E-state index contributed by atoms with van der Waals surface area (Å²) in [6, 6.07) is 12.1. The summed E-state index contributed by atoms with van der Waals surface area (Å²) in [4.78, 5) is 12.6. The van der Waals surface area contributed by atoms with Crippen molar-refractivity contribution in [2.45, 2.75) is 53.6 Å². The van der Waals surface area contributed by atoms with Gasteiger partial charge in [0.05, 0.1) is 0 Å². The Hall–Kier alpha value is -2.29. The zero-order chi connectivity index (χ0) is 17.7. The van der Waals surface area contributed by atoms with Gasteiger partial charge in [-0.1, -0.05) is 44.2 Å². The molecule has 1 amide bonds. The lowest BCUT2D eigenvalue weighted by molar-refractivity contribution is -0.122. The van der Waals surface area contributed by atoms with Gasteiger partial charge in [-0.05, 0) is 61.9 Å². The van der Waals surface area contributed by atoms with Crippen LogP contribution in [0, 0.1) is 13.8 Å². The first kappa shape index (κ1) is 18.1. The van der Waals surface area contributed by atoms with E-state index < -0.39 is 6.10 Å².